The maximum absolute atomic E-state index is 14.3. The molecule has 2 atom stereocenters. The molecule has 1 aliphatic rings. The van der Waals surface area contributed by atoms with E-state index in [-0.39, 0.29) is 18.7 Å². The Balaban J connectivity index is 1.79. The van der Waals surface area contributed by atoms with Crippen molar-refractivity contribution in [2.75, 3.05) is 24.4 Å². The molecule has 4 rings (SSSR count). The lowest BCUT2D eigenvalue weighted by Crippen LogP contribution is -2.47. The minimum absolute atomic E-state index is 0.0655. The van der Waals surface area contributed by atoms with Crippen LogP contribution in [0.1, 0.15) is 30.0 Å². The lowest BCUT2D eigenvalue weighted by atomic mass is 9.83. The molecule has 0 aromatic heterocycles. The van der Waals surface area contributed by atoms with Gasteiger partial charge in [-0.3, -0.25) is 9.59 Å². The number of nitrogens with zero attached hydrogens (tertiary/aromatic N) is 1. The van der Waals surface area contributed by atoms with E-state index in [0.29, 0.717) is 22.7 Å². The monoisotopic (exact) mass is 498 g/mol. The molecular weight excluding hydrogens is 473 g/mol. The zero-order valence-corrected chi connectivity index (χ0v) is 20.0. The van der Waals surface area contributed by atoms with E-state index < -0.39 is 41.0 Å². The van der Waals surface area contributed by atoms with E-state index in [2.05, 4.69) is 5.32 Å². The number of halogens is 3. The summed E-state index contributed by atoms with van der Waals surface area (Å²) in [6.07, 6.45) is 0.230. The highest BCUT2D eigenvalue weighted by Gasteiger charge is 2.42. The number of anilines is 2. The fourth-order valence-corrected chi connectivity index (χ4v) is 4.44. The molecule has 2 unspecified atom stereocenters. The number of piperidine rings is 1. The molecule has 1 heterocycles. The summed E-state index contributed by atoms with van der Waals surface area (Å²) in [4.78, 5) is 28.2. The van der Waals surface area contributed by atoms with Crippen LogP contribution in [0.4, 0.5) is 24.5 Å². The highest BCUT2D eigenvalue weighted by Crippen LogP contribution is 2.43. The molecule has 3 aromatic carbocycles. The number of aryl methyl sites for hydroxylation is 1. The largest absolute Gasteiger partial charge is 0.493 e. The first-order valence-electron chi connectivity index (χ1n) is 11.3. The van der Waals surface area contributed by atoms with Crippen LogP contribution in [0.25, 0.3) is 0 Å². The van der Waals surface area contributed by atoms with Crippen LogP contribution in [0.5, 0.6) is 11.5 Å². The number of amides is 2. The van der Waals surface area contributed by atoms with Gasteiger partial charge in [-0.25, -0.2) is 13.2 Å². The van der Waals surface area contributed by atoms with Crippen molar-refractivity contribution in [2.24, 2.45) is 5.92 Å². The molecule has 188 valence electrons. The fourth-order valence-electron chi connectivity index (χ4n) is 4.44. The highest BCUT2D eigenvalue weighted by atomic mass is 19.2. The molecule has 1 aliphatic heterocycles. The van der Waals surface area contributed by atoms with Crippen LogP contribution < -0.4 is 19.7 Å². The van der Waals surface area contributed by atoms with Crippen LogP contribution in [0.15, 0.2) is 54.6 Å². The first-order chi connectivity index (χ1) is 17.2. The van der Waals surface area contributed by atoms with Gasteiger partial charge in [0.2, 0.25) is 11.8 Å². The van der Waals surface area contributed by atoms with Crippen molar-refractivity contribution in [3.8, 4) is 11.5 Å². The van der Waals surface area contributed by atoms with Gasteiger partial charge in [0.15, 0.2) is 29.0 Å². The Morgan fingerprint density at radius 2 is 1.64 bits per heavy atom. The average molecular weight is 499 g/mol. The minimum atomic E-state index is -1.68. The molecule has 0 spiro atoms. The normalized spacial score (nSPS) is 17.6. The number of ether oxygens (including phenoxy) is 2. The number of hydrogen-bond acceptors (Lipinski definition) is 4. The molecule has 36 heavy (non-hydrogen) atoms. The quantitative estimate of drug-likeness (QED) is 0.453. The Morgan fingerprint density at radius 1 is 0.944 bits per heavy atom. The maximum atomic E-state index is 14.3. The highest BCUT2D eigenvalue weighted by molar-refractivity contribution is 6.00. The molecule has 0 aliphatic carbocycles. The van der Waals surface area contributed by atoms with Gasteiger partial charge in [0.1, 0.15) is 0 Å². The van der Waals surface area contributed by atoms with Crippen LogP contribution in [-0.2, 0) is 9.59 Å². The van der Waals surface area contributed by atoms with Crippen LogP contribution in [0, 0.1) is 30.3 Å². The van der Waals surface area contributed by atoms with Gasteiger partial charge in [0.05, 0.1) is 31.9 Å². The zero-order valence-electron chi connectivity index (χ0n) is 20.0. The third-order valence-electron chi connectivity index (χ3n) is 6.29. The summed E-state index contributed by atoms with van der Waals surface area (Å²) in [5.41, 5.74) is 1.69. The number of hydrogen-bond donors (Lipinski definition) is 1. The number of carbonyl (C=O) groups excluding carboxylic acids is 2. The van der Waals surface area contributed by atoms with Crippen LogP contribution in [0.3, 0.4) is 0 Å². The van der Waals surface area contributed by atoms with Gasteiger partial charge in [-0.2, -0.15) is 0 Å². The van der Waals surface area contributed by atoms with Gasteiger partial charge < -0.3 is 19.7 Å². The van der Waals surface area contributed by atoms with Crippen LogP contribution in [-0.4, -0.2) is 26.0 Å². The van der Waals surface area contributed by atoms with E-state index in [9.17, 15) is 22.8 Å². The third kappa shape index (κ3) is 4.73. The lowest BCUT2D eigenvalue weighted by molar-refractivity contribution is -0.126. The van der Waals surface area contributed by atoms with Crippen molar-refractivity contribution in [3.05, 3.63) is 83.2 Å². The van der Waals surface area contributed by atoms with Crippen molar-refractivity contribution < 1.29 is 32.2 Å². The summed E-state index contributed by atoms with van der Waals surface area (Å²) in [5, 5.41) is 2.38. The summed E-state index contributed by atoms with van der Waals surface area (Å²) in [7, 11) is 2.97. The smallest absolute Gasteiger partial charge is 0.230 e. The van der Waals surface area contributed by atoms with E-state index in [1.807, 2.05) is 19.1 Å². The molecule has 1 saturated heterocycles. The molecular formula is C27H25F3N2O4. The first kappa shape index (κ1) is 25.1. The second-order valence-electron chi connectivity index (χ2n) is 8.52. The number of methoxy groups -OCH3 is 2. The number of carbonyl (C=O) groups is 2. The second-order valence-corrected chi connectivity index (χ2v) is 8.52. The Bertz CT molecular complexity index is 1300. The molecule has 1 N–H and O–H groups in total. The van der Waals surface area contributed by atoms with E-state index >= 15 is 0 Å². The van der Waals surface area contributed by atoms with Crippen molar-refractivity contribution in [2.45, 2.75) is 25.8 Å². The topological polar surface area (TPSA) is 67.9 Å². The Hall–Kier alpha value is -4.01. The Kier molecular flexibility index (Phi) is 7.19. The molecule has 0 bridgehead atoms. The van der Waals surface area contributed by atoms with Crippen molar-refractivity contribution in [1.29, 1.82) is 0 Å². The van der Waals surface area contributed by atoms with Gasteiger partial charge in [-0.15, -0.1) is 0 Å². The van der Waals surface area contributed by atoms with E-state index in [4.69, 9.17) is 9.47 Å². The molecule has 2 amide bonds. The van der Waals surface area contributed by atoms with Gasteiger partial charge in [0, 0.05) is 12.1 Å². The van der Waals surface area contributed by atoms with Gasteiger partial charge in [-0.1, -0.05) is 23.8 Å². The third-order valence-corrected chi connectivity index (χ3v) is 6.29. The fraction of sp³-hybridized carbons (Fsp3) is 0.259. The van der Waals surface area contributed by atoms with Crippen molar-refractivity contribution in [3.63, 3.8) is 0 Å². The molecule has 6 nitrogen and oxygen atoms in total. The standard InChI is InChI=1S/C27H25F3N2O4/c1-15-4-7-17(8-5-15)32-23(33)13-9-18(26(32)16-6-12-21(35-2)22(14-16)36-3)27(34)31-20-11-10-19(28)24(29)25(20)30/h4-8,10-12,14,18,26H,9,13H2,1-3H3,(H,31,34). The first-order valence-corrected chi connectivity index (χ1v) is 11.3. The molecule has 1 fully saturated rings. The average Bonchev–Trinajstić information content (AvgIpc) is 2.89. The van der Waals surface area contributed by atoms with E-state index in [1.165, 1.54) is 19.1 Å². The van der Waals surface area contributed by atoms with E-state index in [0.717, 1.165) is 17.7 Å². The maximum Gasteiger partial charge on any atom is 0.230 e. The molecule has 3 aromatic rings. The summed E-state index contributed by atoms with van der Waals surface area (Å²) in [6.45, 7) is 1.92. The predicted octanol–water partition coefficient (Wildman–Crippen LogP) is 5.55. The SMILES string of the molecule is COc1ccc(C2C(C(=O)Nc3ccc(F)c(F)c3F)CCC(=O)N2c2ccc(C)cc2)cc1OC. The summed E-state index contributed by atoms with van der Waals surface area (Å²) in [5.74, 6) is -5.32. The lowest BCUT2D eigenvalue weighted by Gasteiger charge is -2.41. The number of nitrogens with one attached hydrogen (secondary N) is 1. The summed E-state index contributed by atoms with van der Waals surface area (Å²) < 4.78 is 52.2. The van der Waals surface area contributed by atoms with Crippen LogP contribution in [0.2, 0.25) is 0 Å². The Labute approximate surface area is 206 Å². The Morgan fingerprint density at radius 3 is 2.31 bits per heavy atom. The predicted molar refractivity (Wildman–Crippen MR) is 129 cm³/mol. The van der Waals surface area contributed by atoms with E-state index in [1.54, 1.807) is 30.3 Å². The molecule has 0 radical (unpaired) electrons. The zero-order chi connectivity index (χ0) is 26.0. The van der Waals surface area contributed by atoms with Gasteiger partial charge in [-0.05, 0) is 55.3 Å². The van der Waals surface area contributed by atoms with Gasteiger partial charge >= 0.3 is 0 Å². The van der Waals surface area contributed by atoms with Crippen molar-refractivity contribution in [1.82, 2.24) is 0 Å². The summed E-state index contributed by atoms with van der Waals surface area (Å²) in [6, 6.07) is 13.3. The van der Waals surface area contributed by atoms with Crippen LogP contribution >= 0.6 is 0 Å². The number of rotatable bonds is 6. The molecule has 9 heteroatoms. The van der Waals surface area contributed by atoms with Crippen molar-refractivity contribution >= 4 is 23.2 Å². The second kappa shape index (κ2) is 10.3. The minimum Gasteiger partial charge on any atom is -0.493 e. The molecule has 0 saturated carbocycles. The van der Waals surface area contributed by atoms with Gasteiger partial charge in [0.25, 0.3) is 0 Å². The summed E-state index contributed by atoms with van der Waals surface area (Å²) >= 11 is 0. The number of benzene rings is 3.